The van der Waals surface area contributed by atoms with E-state index >= 15 is 0 Å². The molecule has 1 N–H and O–H groups in total. The summed E-state index contributed by atoms with van der Waals surface area (Å²) in [5.74, 6) is 0.354. The molecule has 194 valence electrons. The maximum absolute atomic E-state index is 13.8. The number of nitrogens with one attached hydrogen (secondary N) is 1. The maximum Gasteiger partial charge on any atom is 0.261 e. The van der Waals surface area contributed by atoms with Gasteiger partial charge in [-0.15, -0.1) is 0 Å². The van der Waals surface area contributed by atoms with Crippen LogP contribution in [0.3, 0.4) is 0 Å². The number of carbonyl (C=O) groups is 2. The van der Waals surface area contributed by atoms with Crippen LogP contribution in [-0.4, -0.2) is 35.4 Å². The van der Waals surface area contributed by atoms with E-state index < -0.39 is 6.04 Å². The van der Waals surface area contributed by atoms with Crippen molar-refractivity contribution in [2.24, 2.45) is 0 Å². The Hall–Kier alpha value is -3.60. The first-order valence-electron chi connectivity index (χ1n) is 13.5. The standard InChI is InChI=1S/C32H38N2O3/c1-2-25-18-20-29(21-19-25)37-24-31(35)34(23-27-14-8-4-9-15-27)30(22-26-12-6-3-7-13-26)32(36)33-28-16-10-5-11-17-28/h3-4,6-9,12-15,18-21,28,30H,2,5,10-11,16-17,22-24H2,1H3,(H,33,36)/t30-/m0/s1. The van der Waals surface area contributed by atoms with Gasteiger partial charge in [0.15, 0.2) is 6.61 Å². The Morgan fingerprint density at radius 3 is 2.08 bits per heavy atom. The predicted octanol–water partition coefficient (Wildman–Crippen LogP) is 5.72. The molecule has 5 heteroatoms. The molecule has 1 saturated carbocycles. The minimum Gasteiger partial charge on any atom is -0.484 e. The molecule has 0 heterocycles. The average Bonchev–Trinajstić information content (AvgIpc) is 2.95. The number of aryl methyl sites for hydroxylation is 1. The largest absolute Gasteiger partial charge is 0.484 e. The molecule has 2 amide bonds. The molecule has 0 saturated heterocycles. The van der Waals surface area contributed by atoms with Crippen molar-refractivity contribution in [3.8, 4) is 5.75 Å². The molecule has 4 rings (SSSR count). The van der Waals surface area contributed by atoms with Crippen LogP contribution in [0.4, 0.5) is 0 Å². The molecule has 0 bridgehead atoms. The second-order valence-corrected chi connectivity index (χ2v) is 9.84. The predicted molar refractivity (Wildman–Crippen MR) is 147 cm³/mol. The van der Waals surface area contributed by atoms with E-state index in [1.54, 1.807) is 4.90 Å². The van der Waals surface area contributed by atoms with Gasteiger partial charge in [0.05, 0.1) is 0 Å². The summed E-state index contributed by atoms with van der Waals surface area (Å²) in [4.78, 5) is 29.1. The second-order valence-electron chi connectivity index (χ2n) is 9.84. The van der Waals surface area contributed by atoms with Gasteiger partial charge in [-0.25, -0.2) is 0 Å². The Kier molecular flexibility index (Phi) is 9.75. The van der Waals surface area contributed by atoms with Crippen LogP contribution in [0.1, 0.15) is 55.7 Å². The van der Waals surface area contributed by atoms with Gasteiger partial charge in [-0.3, -0.25) is 9.59 Å². The van der Waals surface area contributed by atoms with Gasteiger partial charge in [-0.1, -0.05) is 99.0 Å². The molecule has 1 aliphatic carbocycles. The normalized spacial score (nSPS) is 14.5. The smallest absolute Gasteiger partial charge is 0.261 e. The first-order valence-corrected chi connectivity index (χ1v) is 13.5. The molecule has 3 aromatic rings. The summed E-state index contributed by atoms with van der Waals surface area (Å²) in [7, 11) is 0. The lowest BCUT2D eigenvalue weighted by Crippen LogP contribution is -2.53. The molecule has 1 fully saturated rings. The number of benzene rings is 3. The molecule has 1 atom stereocenters. The van der Waals surface area contributed by atoms with E-state index in [9.17, 15) is 9.59 Å². The van der Waals surface area contributed by atoms with Crippen molar-refractivity contribution in [1.82, 2.24) is 10.2 Å². The molecule has 3 aromatic carbocycles. The maximum atomic E-state index is 13.8. The molecule has 1 aliphatic rings. The highest BCUT2D eigenvalue weighted by Crippen LogP contribution is 2.20. The molecule has 0 aromatic heterocycles. The van der Waals surface area contributed by atoms with Gasteiger partial charge >= 0.3 is 0 Å². The topological polar surface area (TPSA) is 58.6 Å². The Balaban J connectivity index is 1.57. The average molecular weight is 499 g/mol. The van der Waals surface area contributed by atoms with Gasteiger partial charge < -0.3 is 15.0 Å². The number of rotatable bonds is 11. The molecule has 0 radical (unpaired) electrons. The van der Waals surface area contributed by atoms with Gasteiger partial charge in [0.1, 0.15) is 11.8 Å². The van der Waals surface area contributed by atoms with Crippen molar-refractivity contribution in [2.75, 3.05) is 6.61 Å². The molecule has 37 heavy (non-hydrogen) atoms. The van der Waals surface area contributed by atoms with E-state index in [1.807, 2.05) is 84.9 Å². The Bertz CT molecular complexity index is 1110. The zero-order valence-corrected chi connectivity index (χ0v) is 21.8. The van der Waals surface area contributed by atoms with Crippen LogP contribution in [0.2, 0.25) is 0 Å². The lowest BCUT2D eigenvalue weighted by molar-refractivity contribution is -0.143. The van der Waals surface area contributed by atoms with Crippen LogP contribution >= 0.6 is 0 Å². The van der Waals surface area contributed by atoms with E-state index in [0.717, 1.165) is 43.2 Å². The summed E-state index contributed by atoms with van der Waals surface area (Å²) in [6.45, 7) is 2.32. The zero-order valence-electron chi connectivity index (χ0n) is 21.8. The molecular formula is C32H38N2O3. The van der Waals surface area contributed by atoms with Crippen molar-refractivity contribution in [3.05, 3.63) is 102 Å². The van der Waals surface area contributed by atoms with E-state index in [0.29, 0.717) is 18.7 Å². The number of carbonyl (C=O) groups excluding carboxylic acids is 2. The summed E-state index contributed by atoms with van der Waals surface area (Å²) < 4.78 is 5.89. The van der Waals surface area contributed by atoms with Gasteiger partial charge in [-0.05, 0) is 48.1 Å². The van der Waals surface area contributed by atoms with Gasteiger partial charge in [0.25, 0.3) is 5.91 Å². The summed E-state index contributed by atoms with van der Waals surface area (Å²) in [6, 6.07) is 27.1. The molecule has 0 spiro atoms. The Labute approximate surface area is 220 Å². The van der Waals surface area contributed by atoms with Crippen molar-refractivity contribution >= 4 is 11.8 Å². The highest BCUT2D eigenvalue weighted by molar-refractivity contribution is 5.88. The summed E-state index contributed by atoms with van der Waals surface area (Å²) in [6.07, 6.45) is 6.86. The van der Waals surface area contributed by atoms with Crippen LogP contribution < -0.4 is 10.1 Å². The highest BCUT2D eigenvalue weighted by atomic mass is 16.5. The van der Waals surface area contributed by atoms with Crippen LogP contribution in [-0.2, 0) is 29.0 Å². The number of amides is 2. The van der Waals surface area contributed by atoms with Crippen molar-refractivity contribution < 1.29 is 14.3 Å². The zero-order chi connectivity index (χ0) is 25.9. The minimum atomic E-state index is -0.636. The third-order valence-electron chi connectivity index (χ3n) is 7.11. The second kappa shape index (κ2) is 13.6. The van der Waals surface area contributed by atoms with E-state index in [4.69, 9.17) is 4.74 Å². The summed E-state index contributed by atoms with van der Waals surface area (Å²) in [5.41, 5.74) is 3.21. The SMILES string of the molecule is CCc1ccc(OCC(=O)N(Cc2ccccc2)[C@@H](Cc2ccccc2)C(=O)NC2CCCCC2)cc1. The first-order chi connectivity index (χ1) is 18.1. The number of hydrogen-bond donors (Lipinski definition) is 1. The van der Waals surface area contributed by atoms with Gasteiger partial charge in [0, 0.05) is 19.0 Å². The van der Waals surface area contributed by atoms with Crippen LogP contribution in [0.15, 0.2) is 84.9 Å². The number of nitrogens with zero attached hydrogens (tertiary/aromatic N) is 1. The molecule has 0 aliphatic heterocycles. The van der Waals surface area contributed by atoms with Gasteiger partial charge in [0.2, 0.25) is 5.91 Å². The molecule has 5 nitrogen and oxygen atoms in total. The van der Waals surface area contributed by atoms with Crippen molar-refractivity contribution in [3.63, 3.8) is 0 Å². The van der Waals surface area contributed by atoms with Crippen LogP contribution in [0.25, 0.3) is 0 Å². The van der Waals surface area contributed by atoms with Crippen molar-refractivity contribution in [2.45, 2.75) is 70.5 Å². The fourth-order valence-electron chi connectivity index (χ4n) is 4.93. The van der Waals surface area contributed by atoms with Crippen LogP contribution in [0, 0.1) is 0 Å². The Morgan fingerprint density at radius 2 is 1.46 bits per heavy atom. The van der Waals surface area contributed by atoms with Crippen LogP contribution in [0.5, 0.6) is 5.75 Å². The minimum absolute atomic E-state index is 0.0904. The molecule has 0 unspecified atom stereocenters. The third-order valence-corrected chi connectivity index (χ3v) is 7.11. The monoisotopic (exact) mass is 498 g/mol. The highest BCUT2D eigenvalue weighted by Gasteiger charge is 2.32. The van der Waals surface area contributed by atoms with E-state index in [2.05, 4.69) is 12.2 Å². The van der Waals surface area contributed by atoms with E-state index in [-0.39, 0.29) is 24.5 Å². The summed E-state index contributed by atoms with van der Waals surface area (Å²) >= 11 is 0. The fourth-order valence-corrected chi connectivity index (χ4v) is 4.93. The quantitative estimate of drug-likeness (QED) is 0.368. The van der Waals surface area contributed by atoms with E-state index in [1.165, 1.54) is 12.0 Å². The molecular weight excluding hydrogens is 460 g/mol. The number of ether oxygens (including phenoxy) is 1. The first kappa shape index (κ1) is 26.5. The lowest BCUT2D eigenvalue weighted by atomic mass is 9.94. The summed E-state index contributed by atoms with van der Waals surface area (Å²) in [5, 5.41) is 3.27. The lowest BCUT2D eigenvalue weighted by Gasteiger charge is -2.33. The third kappa shape index (κ3) is 7.94. The van der Waals surface area contributed by atoms with Crippen molar-refractivity contribution in [1.29, 1.82) is 0 Å². The van der Waals surface area contributed by atoms with Gasteiger partial charge in [-0.2, -0.15) is 0 Å². The Morgan fingerprint density at radius 1 is 0.838 bits per heavy atom. The fraction of sp³-hybridized carbons (Fsp3) is 0.375. The number of hydrogen-bond acceptors (Lipinski definition) is 3.